The molecule has 0 fully saturated rings. The fraction of sp³-hybridized carbons (Fsp3) is 0.500. The molecule has 280 valence electrons. The quantitative estimate of drug-likeness (QED) is 0.0849. The molecule has 0 heterocycles. The Morgan fingerprint density at radius 2 is 0.745 bits per heavy atom. The maximum atomic E-state index is 17.1. The van der Waals surface area contributed by atoms with Gasteiger partial charge in [-0.3, -0.25) is 0 Å². The number of benzene rings is 2. The summed E-state index contributed by atoms with van der Waals surface area (Å²) < 4.78 is 133. The zero-order valence-electron chi connectivity index (χ0n) is 30.6. The summed E-state index contributed by atoms with van der Waals surface area (Å²) in [5.74, 6) is -13.9. The Labute approximate surface area is 301 Å². The van der Waals surface area contributed by atoms with E-state index in [4.69, 9.17) is 0 Å². The van der Waals surface area contributed by atoms with Gasteiger partial charge in [-0.1, -0.05) is 0 Å². The molecule has 4 rings (SSSR count). The molecule has 0 amide bonds. The Morgan fingerprint density at radius 1 is 0.471 bits per heavy atom. The molecule has 2 aromatic rings. The van der Waals surface area contributed by atoms with E-state index in [2.05, 4.69) is 0 Å². The van der Waals surface area contributed by atoms with Crippen LogP contribution in [0, 0.1) is 46.5 Å². The van der Waals surface area contributed by atoms with Crippen LogP contribution < -0.4 is 17.5 Å². The fourth-order valence-corrected chi connectivity index (χ4v) is 16.6. The van der Waals surface area contributed by atoms with Crippen LogP contribution in [0.25, 0.3) is 0 Å². The van der Waals surface area contributed by atoms with Gasteiger partial charge in [0.15, 0.2) is 0 Å². The van der Waals surface area contributed by atoms with Crippen LogP contribution in [0.5, 0.6) is 0 Å². The second kappa shape index (κ2) is 17.8. The molecule has 0 unspecified atom stereocenters. The van der Waals surface area contributed by atoms with E-state index in [9.17, 15) is 0 Å². The second-order valence-corrected chi connectivity index (χ2v) is 19.4. The SMILES string of the molecule is CCCCN(CCCC)c1c(F)c(F)[c]([Ti]([C]2=C(C)C=CC2)([C]2=C(C)C=CC2)[c]2c(F)c(F)c(N(CCCC)CCCC)c(F)c2F)c(F)c1F. The molecule has 0 aliphatic heterocycles. The van der Waals surface area contributed by atoms with Crippen molar-refractivity contribution in [2.45, 2.75) is 106 Å². The van der Waals surface area contributed by atoms with Crippen LogP contribution in [-0.4, -0.2) is 26.2 Å². The molecule has 0 aromatic heterocycles. The molecule has 0 saturated heterocycles. The first kappa shape index (κ1) is 40.9. The maximum absolute atomic E-state index is 17.1. The molecule has 2 aliphatic carbocycles. The van der Waals surface area contributed by atoms with Gasteiger partial charge in [-0.05, 0) is 0 Å². The number of anilines is 2. The van der Waals surface area contributed by atoms with Crippen LogP contribution in [0.15, 0.2) is 43.2 Å². The average molecular weight is 759 g/mol. The predicted octanol–water partition coefficient (Wildman–Crippen LogP) is 11.2. The van der Waals surface area contributed by atoms with Gasteiger partial charge >= 0.3 is 302 Å². The molecular formula is C40H50F8N2Ti. The first-order chi connectivity index (χ1) is 24.4. The molecule has 2 aliphatic rings. The summed E-state index contributed by atoms with van der Waals surface area (Å²) in [5, 5.41) is 0. The zero-order chi connectivity index (χ0) is 37.6. The zero-order valence-corrected chi connectivity index (χ0v) is 32.2. The second-order valence-electron chi connectivity index (χ2n) is 13.6. The third-order valence-corrected chi connectivity index (χ3v) is 18.6. The number of halogens is 8. The Morgan fingerprint density at radius 3 is 0.961 bits per heavy atom. The third-order valence-electron chi connectivity index (χ3n) is 10.2. The monoisotopic (exact) mass is 758 g/mol. The van der Waals surface area contributed by atoms with Gasteiger partial charge in [0.2, 0.25) is 0 Å². The van der Waals surface area contributed by atoms with Crippen molar-refractivity contribution in [3.63, 3.8) is 0 Å². The van der Waals surface area contributed by atoms with Gasteiger partial charge in [-0.15, -0.1) is 0 Å². The summed E-state index contributed by atoms with van der Waals surface area (Å²) in [4.78, 5) is 2.53. The minimum atomic E-state index is -6.03. The molecule has 0 saturated carbocycles. The van der Waals surface area contributed by atoms with Crippen LogP contribution in [0.3, 0.4) is 0 Å². The first-order valence-corrected chi connectivity index (χ1v) is 21.4. The molecule has 51 heavy (non-hydrogen) atoms. The third kappa shape index (κ3) is 7.51. The number of hydrogen-bond donors (Lipinski definition) is 0. The summed E-state index contributed by atoms with van der Waals surface area (Å²) in [5.41, 5.74) is -1.05. The van der Waals surface area contributed by atoms with E-state index < -0.39 is 82.2 Å². The Bertz CT molecular complexity index is 1530. The standard InChI is InChI=1S/2C14H18F4N.2C6H7.Ti/c2*1-3-5-7-19(8-6-4-2)14-12(17)10(15)9-11(16)13(14)18;2*1-6-4-2-3-5-6;/h2*3-8H2,1-2H3;2*2,4H,3H2,1H3;. The topological polar surface area (TPSA) is 6.48 Å². The van der Waals surface area contributed by atoms with Crippen molar-refractivity contribution in [1.29, 1.82) is 0 Å². The van der Waals surface area contributed by atoms with Gasteiger partial charge in [-0.2, -0.15) is 0 Å². The van der Waals surface area contributed by atoms with Crippen molar-refractivity contribution in [1.82, 2.24) is 0 Å². The first-order valence-electron chi connectivity index (χ1n) is 18.3. The number of allylic oxidation sites excluding steroid dienone is 8. The van der Waals surface area contributed by atoms with Crippen molar-refractivity contribution in [2.75, 3.05) is 36.0 Å². The van der Waals surface area contributed by atoms with E-state index in [1.807, 2.05) is 27.7 Å². The van der Waals surface area contributed by atoms with E-state index in [-0.39, 0.29) is 46.8 Å². The predicted molar refractivity (Wildman–Crippen MR) is 189 cm³/mol. The van der Waals surface area contributed by atoms with Crippen LogP contribution >= 0.6 is 0 Å². The molecular weight excluding hydrogens is 708 g/mol. The Hall–Kier alpha value is -2.85. The van der Waals surface area contributed by atoms with E-state index in [1.54, 1.807) is 38.2 Å². The van der Waals surface area contributed by atoms with Gasteiger partial charge < -0.3 is 0 Å². The van der Waals surface area contributed by atoms with Gasteiger partial charge in [0.05, 0.1) is 0 Å². The van der Waals surface area contributed by atoms with Gasteiger partial charge in [0.25, 0.3) is 0 Å². The van der Waals surface area contributed by atoms with Gasteiger partial charge in [0.1, 0.15) is 0 Å². The molecule has 0 radical (unpaired) electrons. The summed E-state index contributed by atoms with van der Waals surface area (Å²) >= 11 is -6.03. The summed E-state index contributed by atoms with van der Waals surface area (Å²) in [6, 6.07) is 0. The summed E-state index contributed by atoms with van der Waals surface area (Å²) in [7, 11) is 0. The number of hydrogen-bond acceptors (Lipinski definition) is 2. The fourth-order valence-electron chi connectivity index (χ4n) is 7.56. The van der Waals surface area contributed by atoms with Crippen molar-refractivity contribution in [2.24, 2.45) is 0 Å². The van der Waals surface area contributed by atoms with Crippen LogP contribution in [0.2, 0.25) is 0 Å². The van der Waals surface area contributed by atoms with E-state index in [1.165, 1.54) is 9.80 Å². The van der Waals surface area contributed by atoms with Crippen LogP contribution in [0.1, 0.15) is 106 Å². The number of unbranched alkanes of at least 4 members (excludes halogenated alkanes) is 4. The number of nitrogens with zero attached hydrogens (tertiary/aromatic N) is 2. The van der Waals surface area contributed by atoms with Crippen LogP contribution in [0.4, 0.5) is 46.5 Å². The summed E-state index contributed by atoms with van der Waals surface area (Å²) in [6.45, 7) is 11.1. The van der Waals surface area contributed by atoms with E-state index in [0.717, 1.165) is 0 Å². The minimum absolute atomic E-state index is 0.0748. The molecule has 0 spiro atoms. The Kier molecular flexibility index (Phi) is 14.3. The Balaban J connectivity index is 2.21. The molecule has 2 nitrogen and oxygen atoms in total. The van der Waals surface area contributed by atoms with Crippen molar-refractivity contribution in [3.05, 3.63) is 89.7 Å². The van der Waals surface area contributed by atoms with E-state index in [0.29, 0.717) is 62.5 Å². The van der Waals surface area contributed by atoms with Crippen molar-refractivity contribution >= 4 is 19.1 Å². The average Bonchev–Trinajstić information content (AvgIpc) is 3.75. The van der Waals surface area contributed by atoms with Crippen LogP contribution in [-0.2, 0) is 16.6 Å². The summed E-state index contributed by atoms with van der Waals surface area (Å²) in [6.07, 6.45) is 10.8. The molecule has 0 atom stereocenters. The number of rotatable bonds is 18. The molecule has 0 bridgehead atoms. The van der Waals surface area contributed by atoms with Crippen molar-refractivity contribution in [3.8, 4) is 0 Å². The van der Waals surface area contributed by atoms with Gasteiger partial charge in [0, 0.05) is 0 Å². The van der Waals surface area contributed by atoms with Crippen molar-refractivity contribution < 1.29 is 51.7 Å². The van der Waals surface area contributed by atoms with Gasteiger partial charge in [-0.25, -0.2) is 0 Å². The molecule has 11 heteroatoms. The molecule has 0 N–H and O–H groups in total. The van der Waals surface area contributed by atoms with E-state index >= 15 is 35.1 Å². The normalized spacial score (nSPS) is 14.5. The molecule has 2 aromatic carbocycles.